The van der Waals surface area contributed by atoms with Gasteiger partial charge in [-0.1, -0.05) is 36.4 Å². The molecule has 1 aliphatic heterocycles. The Bertz CT molecular complexity index is 1050. The molecule has 1 unspecified atom stereocenters. The van der Waals surface area contributed by atoms with Crippen LogP contribution in [-0.4, -0.2) is 43.5 Å². The molecule has 0 saturated carbocycles. The summed E-state index contributed by atoms with van der Waals surface area (Å²) in [6, 6.07) is 13.6. The van der Waals surface area contributed by atoms with Crippen LogP contribution in [0.25, 0.3) is 0 Å². The molecule has 10 heteroatoms. The summed E-state index contributed by atoms with van der Waals surface area (Å²) in [5.74, 6) is -0.389. The number of nitrogens with one attached hydrogen (secondary N) is 1. The molecule has 2 atom stereocenters. The molecule has 2 N–H and O–H groups in total. The minimum Gasteiger partial charge on any atom is -0.485 e. The minimum absolute atomic E-state index is 0.178. The van der Waals surface area contributed by atoms with E-state index in [0.717, 1.165) is 5.56 Å². The fourth-order valence-corrected chi connectivity index (χ4v) is 3.86. The van der Waals surface area contributed by atoms with Gasteiger partial charge in [0.1, 0.15) is 17.5 Å². The van der Waals surface area contributed by atoms with Gasteiger partial charge in [-0.2, -0.15) is 21.6 Å². The van der Waals surface area contributed by atoms with Gasteiger partial charge in [0.05, 0.1) is 11.6 Å². The topological polar surface area (TPSA) is 88.0 Å². The number of hydrogen-bond donors (Lipinski definition) is 2. The highest BCUT2D eigenvalue weighted by Gasteiger charge is 2.46. The summed E-state index contributed by atoms with van der Waals surface area (Å²) in [6.07, 6.45) is 1.36. The summed E-state index contributed by atoms with van der Waals surface area (Å²) in [5.41, 5.74) is -5.17. The summed E-state index contributed by atoms with van der Waals surface area (Å²) >= 11 is 0. The average Bonchev–Trinajstić information content (AvgIpc) is 2.67. The van der Waals surface area contributed by atoms with Crippen molar-refractivity contribution in [3.05, 3.63) is 59.7 Å². The van der Waals surface area contributed by atoms with Crippen molar-refractivity contribution in [3.63, 3.8) is 0 Å². The van der Waals surface area contributed by atoms with Crippen molar-refractivity contribution in [2.75, 3.05) is 11.3 Å². The second kappa shape index (κ2) is 8.51. The molecule has 0 aromatic heterocycles. The maximum atomic E-state index is 12.7. The number of benzene rings is 2. The molecule has 2 aromatic carbocycles. The standard InChI is InChI=1S/C21H23F3N2O4S/c1-20(2)19(27)17(13-25-11-10-14-6-4-3-5-7-14)16-9-8-15(12-18(16)30-20)26-31(28,29)21(22,23)24/h3-9,12-13,17,19,26-27H,10-11H2,1-2H3/t17?,19-/m1/s1. The first-order chi connectivity index (χ1) is 14.4. The number of fused-ring (bicyclic) bond motifs is 1. The average molecular weight is 456 g/mol. The Labute approximate surface area is 178 Å². The lowest BCUT2D eigenvalue weighted by molar-refractivity contribution is -0.0459. The van der Waals surface area contributed by atoms with Crippen LogP contribution >= 0.6 is 0 Å². The van der Waals surface area contributed by atoms with E-state index in [9.17, 15) is 26.7 Å². The Kier molecular flexibility index (Phi) is 6.33. The van der Waals surface area contributed by atoms with Crippen LogP contribution in [0, 0.1) is 0 Å². The minimum atomic E-state index is -5.56. The summed E-state index contributed by atoms with van der Waals surface area (Å²) in [4.78, 5) is 4.42. The van der Waals surface area contributed by atoms with Crippen molar-refractivity contribution >= 4 is 21.9 Å². The monoisotopic (exact) mass is 456 g/mol. The van der Waals surface area contributed by atoms with E-state index >= 15 is 0 Å². The Balaban J connectivity index is 1.83. The number of rotatable bonds is 6. The van der Waals surface area contributed by atoms with Crippen molar-refractivity contribution in [3.8, 4) is 5.75 Å². The summed E-state index contributed by atoms with van der Waals surface area (Å²) in [7, 11) is -5.56. The number of aliphatic hydroxyl groups excluding tert-OH is 1. The van der Waals surface area contributed by atoms with Crippen LogP contribution in [-0.2, 0) is 16.4 Å². The van der Waals surface area contributed by atoms with E-state index < -0.39 is 33.2 Å². The Hall–Kier alpha value is -2.59. The second-order valence-electron chi connectivity index (χ2n) is 7.77. The van der Waals surface area contributed by atoms with Crippen LogP contribution in [0.1, 0.15) is 30.9 Å². The molecular weight excluding hydrogens is 433 g/mol. The third-order valence-corrected chi connectivity index (χ3v) is 6.11. The first-order valence-corrected chi connectivity index (χ1v) is 11.0. The fourth-order valence-electron chi connectivity index (χ4n) is 3.31. The van der Waals surface area contributed by atoms with Crippen molar-refractivity contribution in [2.24, 2.45) is 4.99 Å². The van der Waals surface area contributed by atoms with Crippen LogP contribution in [0.4, 0.5) is 18.9 Å². The number of nitrogens with zero attached hydrogens (tertiary/aromatic N) is 1. The maximum Gasteiger partial charge on any atom is 0.516 e. The highest BCUT2D eigenvalue weighted by molar-refractivity contribution is 7.93. The van der Waals surface area contributed by atoms with Crippen LogP contribution in [0.15, 0.2) is 53.5 Å². The lowest BCUT2D eigenvalue weighted by Crippen LogP contribution is -2.49. The van der Waals surface area contributed by atoms with E-state index in [1.807, 2.05) is 30.3 Å². The fraction of sp³-hybridized carbons (Fsp3) is 0.381. The zero-order chi connectivity index (χ0) is 22.9. The van der Waals surface area contributed by atoms with Gasteiger partial charge in [0.2, 0.25) is 0 Å². The second-order valence-corrected chi connectivity index (χ2v) is 9.44. The molecule has 0 amide bonds. The molecule has 0 saturated heterocycles. The maximum absolute atomic E-state index is 12.7. The smallest absolute Gasteiger partial charge is 0.485 e. The predicted octanol–water partition coefficient (Wildman–Crippen LogP) is 3.88. The van der Waals surface area contributed by atoms with E-state index in [2.05, 4.69) is 4.99 Å². The molecule has 168 valence electrons. The van der Waals surface area contributed by atoms with Gasteiger partial charge in [0.15, 0.2) is 0 Å². The van der Waals surface area contributed by atoms with Gasteiger partial charge in [0, 0.05) is 24.4 Å². The Morgan fingerprint density at radius 2 is 1.87 bits per heavy atom. The van der Waals surface area contributed by atoms with E-state index in [4.69, 9.17) is 4.74 Å². The summed E-state index contributed by atoms with van der Waals surface area (Å²) in [5, 5.41) is 10.7. The molecule has 3 rings (SSSR count). The number of alkyl halides is 3. The molecule has 31 heavy (non-hydrogen) atoms. The van der Waals surface area contributed by atoms with Crippen molar-refractivity contribution in [2.45, 2.75) is 43.4 Å². The normalized spacial score (nSPS) is 20.8. The molecule has 2 aromatic rings. The molecule has 0 spiro atoms. The summed E-state index contributed by atoms with van der Waals surface area (Å²) < 4.78 is 68.0. The van der Waals surface area contributed by atoms with Crippen LogP contribution in [0.2, 0.25) is 0 Å². The first kappa shape index (κ1) is 23.1. The van der Waals surface area contributed by atoms with Gasteiger partial charge in [0.25, 0.3) is 0 Å². The largest absolute Gasteiger partial charge is 0.516 e. The van der Waals surface area contributed by atoms with Crippen LogP contribution in [0.5, 0.6) is 5.75 Å². The van der Waals surface area contributed by atoms with Gasteiger partial charge >= 0.3 is 15.5 Å². The molecular formula is C21H23F3N2O4S. The predicted molar refractivity (Wildman–Crippen MR) is 112 cm³/mol. The molecule has 0 bridgehead atoms. The van der Waals surface area contributed by atoms with Gasteiger partial charge < -0.3 is 9.84 Å². The number of aliphatic imine (C=N–C) groups is 1. The number of halogens is 3. The zero-order valence-electron chi connectivity index (χ0n) is 16.9. The van der Waals surface area contributed by atoms with Gasteiger partial charge in [-0.3, -0.25) is 9.71 Å². The lowest BCUT2D eigenvalue weighted by Gasteiger charge is -2.41. The van der Waals surface area contributed by atoms with Crippen molar-refractivity contribution in [1.82, 2.24) is 0 Å². The SMILES string of the molecule is CC1(C)Oc2cc(NS(=O)(=O)C(F)(F)F)ccc2C(C=NCCc2ccccc2)[C@H]1O. The van der Waals surface area contributed by atoms with E-state index in [1.165, 1.54) is 22.9 Å². The number of sulfonamides is 1. The molecule has 0 aliphatic carbocycles. The third kappa shape index (κ3) is 5.19. The highest BCUT2D eigenvalue weighted by Crippen LogP contribution is 2.42. The Morgan fingerprint density at radius 1 is 1.19 bits per heavy atom. The number of hydrogen-bond acceptors (Lipinski definition) is 5. The van der Waals surface area contributed by atoms with Crippen LogP contribution < -0.4 is 9.46 Å². The lowest BCUT2D eigenvalue weighted by atomic mass is 9.82. The first-order valence-electron chi connectivity index (χ1n) is 9.55. The highest BCUT2D eigenvalue weighted by atomic mass is 32.2. The number of anilines is 1. The third-order valence-electron chi connectivity index (χ3n) is 4.99. The quantitative estimate of drug-likeness (QED) is 0.646. The molecule has 6 nitrogen and oxygen atoms in total. The number of ether oxygens (including phenoxy) is 1. The molecule has 0 fully saturated rings. The number of aliphatic hydroxyl groups is 1. The molecule has 0 radical (unpaired) electrons. The molecule has 1 aliphatic rings. The summed E-state index contributed by atoms with van der Waals surface area (Å²) in [6.45, 7) is 3.77. The molecule has 1 heterocycles. The van der Waals surface area contributed by atoms with Gasteiger partial charge in [-0.25, -0.2) is 0 Å². The van der Waals surface area contributed by atoms with E-state index in [0.29, 0.717) is 18.5 Å². The van der Waals surface area contributed by atoms with Crippen LogP contribution in [0.3, 0.4) is 0 Å². The Morgan fingerprint density at radius 3 is 2.52 bits per heavy atom. The van der Waals surface area contributed by atoms with Crippen molar-refractivity contribution in [1.29, 1.82) is 0 Å². The van der Waals surface area contributed by atoms with Gasteiger partial charge in [-0.05, 0) is 31.9 Å². The van der Waals surface area contributed by atoms with E-state index in [1.54, 1.807) is 20.1 Å². The van der Waals surface area contributed by atoms with Gasteiger partial charge in [-0.15, -0.1) is 0 Å². The van der Waals surface area contributed by atoms with E-state index in [-0.39, 0.29) is 11.4 Å². The van der Waals surface area contributed by atoms with Crippen molar-refractivity contribution < 1.29 is 31.4 Å². The zero-order valence-corrected chi connectivity index (χ0v) is 17.7.